The van der Waals surface area contributed by atoms with Crippen LogP contribution in [0.25, 0.3) is 0 Å². The van der Waals surface area contributed by atoms with E-state index in [0.717, 1.165) is 53.4 Å². The van der Waals surface area contributed by atoms with Gasteiger partial charge in [0.25, 0.3) is 0 Å². The monoisotopic (exact) mass is 500 g/mol. The van der Waals surface area contributed by atoms with Gasteiger partial charge in [0.05, 0.1) is 0 Å². The number of benzene rings is 3. The molecule has 0 aromatic heterocycles. The largest absolute Gasteiger partial charge is 0.311 e. The summed E-state index contributed by atoms with van der Waals surface area (Å²) in [6.45, 7) is 14.1. The van der Waals surface area contributed by atoms with Crippen LogP contribution in [0.5, 0.6) is 0 Å². The average molecular weight is 501 g/mol. The van der Waals surface area contributed by atoms with E-state index in [0.29, 0.717) is 0 Å². The van der Waals surface area contributed by atoms with E-state index in [1.54, 1.807) is 0 Å². The highest BCUT2D eigenvalue weighted by Crippen LogP contribution is 2.39. The van der Waals surface area contributed by atoms with Crippen molar-refractivity contribution >= 4 is 22.7 Å². The molecule has 2 heteroatoms. The molecule has 0 saturated heterocycles. The molecule has 3 rings (SSSR count). The van der Waals surface area contributed by atoms with E-state index in [-0.39, 0.29) is 0 Å². The Morgan fingerprint density at radius 3 is 1.87 bits per heavy atom. The molecule has 3 aromatic rings. The summed E-state index contributed by atoms with van der Waals surface area (Å²) in [7, 11) is 0. The number of aryl methyl sites for hydroxylation is 1. The molecule has 3 aromatic carbocycles. The van der Waals surface area contributed by atoms with Crippen molar-refractivity contribution in [3.8, 4) is 0 Å². The molecule has 0 aliphatic heterocycles. The van der Waals surface area contributed by atoms with Crippen LogP contribution in [0, 0.1) is 0 Å². The van der Waals surface area contributed by atoms with E-state index in [1.165, 1.54) is 5.56 Å². The minimum absolute atomic E-state index is 0.938. The second kappa shape index (κ2) is 15.1. The molecule has 0 atom stereocenters. The molecule has 0 heterocycles. The van der Waals surface area contributed by atoms with Crippen molar-refractivity contribution in [3.63, 3.8) is 0 Å². The van der Waals surface area contributed by atoms with Crippen molar-refractivity contribution < 1.29 is 0 Å². The van der Waals surface area contributed by atoms with E-state index < -0.39 is 0 Å². The van der Waals surface area contributed by atoms with Gasteiger partial charge in [0.15, 0.2) is 0 Å². The van der Waals surface area contributed by atoms with Gasteiger partial charge in [-0.1, -0.05) is 73.4 Å². The van der Waals surface area contributed by atoms with Crippen LogP contribution in [0.15, 0.2) is 152 Å². The molecule has 0 fully saturated rings. The number of hydrogen-bond acceptors (Lipinski definition) is 2. The van der Waals surface area contributed by atoms with Gasteiger partial charge in [0.1, 0.15) is 0 Å². The third kappa shape index (κ3) is 7.14. The highest BCUT2D eigenvalue weighted by molar-refractivity contribution is 5.78. The maximum absolute atomic E-state index is 3.99. The van der Waals surface area contributed by atoms with E-state index in [1.807, 2.05) is 19.1 Å². The molecule has 38 heavy (non-hydrogen) atoms. The van der Waals surface area contributed by atoms with E-state index >= 15 is 0 Å². The highest BCUT2D eigenvalue weighted by atomic mass is 15.2. The van der Waals surface area contributed by atoms with Gasteiger partial charge < -0.3 is 9.80 Å². The first-order valence-electron chi connectivity index (χ1n) is 13.4. The lowest BCUT2D eigenvalue weighted by Gasteiger charge is -2.31. The maximum atomic E-state index is 3.99. The molecule has 0 bridgehead atoms. The summed E-state index contributed by atoms with van der Waals surface area (Å²) in [5.74, 6) is 0. The Kier molecular flexibility index (Phi) is 11.2. The van der Waals surface area contributed by atoms with E-state index in [9.17, 15) is 0 Å². The van der Waals surface area contributed by atoms with Gasteiger partial charge in [-0.15, -0.1) is 6.58 Å². The third-order valence-corrected chi connectivity index (χ3v) is 6.22. The molecule has 0 spiro atoms. The average Bonchev–Trinajstić information content (AvgIpc) is 2.95. The number of unbranched alkanes of at least 4 members (excludes halogenated alkanes) is 1. The van der Waals surface area contributed by atoms with E-state index in [2.05, 4.69) is 152 Å². The summed E-state index contributed by atoms with van der Waals surface area (Å²) >= 11 is 0. The normalized spacial score (nSPS) is 12.2. The molecular weight excluding hydrogens is 460 g/mol. The molecule has 0 unspecified atom stereocenters. The van der Waals surface area contributed by atoms with Gasteiger partial charge in [-0.05, 0) is 106 Å². The molecule has 0 radical (unpaired) electrons. The molecule has 0 N–H and O–H groups in total. The first-order chi connectivity index (χ1) is 18.7. The van der Waals surface area contributed by atoms with Crippen molar-refractivity contribution in [2.75, 3.05) is 9.80 Å². The minimum atomic E-state index is 0.938. The van der Waals surface area contributed by atoms with Gasteiger partial charge >= 0.3 is 0 Å². The van der Waals surface area contributed by atoms with Crippen molar-refractivity contribution in [3.05, 3.63) is 158 Å². The Morgan fingerprint density at radius 1 is 0.711 bits per heavy atom. The SMILES string of the molecule is C=C/C=C(\C=C/C)N(c1ccccc1)c1ccc(N(C(/C=C\C)=C/C)c2ccccc2)cc1CCCC=C. The van der Waals surface area contributed by atoms with Crippen LogP contribution in [-0.2, 0) is 6.42 Å². The molecule has 2 nitrogen and oxygen atoms in total. The first-order valence-corrected chi connectivity index (χ1v) is 13.4. The zero-order valence-corrected chi connectivity index (χ0v) is 23.1. The number of anilines is 4. The Hall–Kier alpha value is -4.30. The summed E-state index contributed by atoms with van der Waals surface area (Å²) < 4.78 is 0. The van der Waals surface area contributed by atoms with Crippen LogP contribution in [-0.4, -0.2) is 0 Å². The van der Waals surface area contributed by atoms with Gasteiger partial charge in [-0.3, -0.25) is 0 Å². The van der Waals surface area contributed by atoms with Crippen molar-refractivity contribution in [2.24, 2.45) is 0 Å². The predicted octanol–water partition coefficient (Wildman–Crippen LogP) is 10.6. The van der Waals surface area contributed by atoms with Crippen LogP contribution in [0.1, 0.15) is 39.2 Å². The highest BCUT2D eigenvalue weighted by Gasteiger charge is 2.19. The standard InChI is InChI=1S/C36H40N2/c1-6-11-14-22-30-29-35(37(31(10-5)19-7-2)33-23-15-12-16-24-33)27-28-36(30)38(32(20-8-3)21-9-4)34-25-17-13-18-26-34/h6-10,12-13,15-21,23-29H,1,3,11,14,22H2,2,4-5H3/b19-7-,21-9-,31-10+,32-20+. The van der Waals surface area contributed by atoms with Crippen LogP contribution in [0.3, 0.4) is 0 Å². The zero-order valence-electron chi connectivity index (χ0n) is 23.1. The van der Waals surface area contributed by atoms with Crippen molar-refractivity contribution in [1.29, 1.82) is 0 Å². The smallest absolute Gasteiger partial charge is 0.0495 e. The zero-order chi connectivity index (χ0) is 27.2. The number of rotatable bonds is 13. The summed E-state index contributed by atoms with van der Waals surface area (Å²) in [4.78, 5) is 4.64. The fraction of sp³-hybridized carbons (Fsp3) is 0.167. The number of allylic oxidation sites excluding steroid dienone is 8. The summed E-state index contributed by atoms with van der Waals surface area (Å²) in [5, 5.41) is 0. The quantitative estimate of drug-likeness (QED) is 0.131. The molecule has 0 saturated carbocycles. The summed E-state index contributed by atoms with van der Waals surface area (Å²) in [6, 6.07) is 27.9. The Balaban J connectivity index is 2.27. The first kappa shape index (κ1) is 28.3. The van der Waals surface area contributed by atoms with Gasteiger partial charge in [-0.2, -0.15) is 0 Å². The molecule has 0 amide bonds. The van der Waals surface area contributed by atoms with Gasteiger partial charge in [0, 0.05) is 34.1 Å². The van der Waals surface area contributed by atoms with Crippen molar-refractivity contribution in [1.82, 2.24) is 0 Å². The van der Waals surface area contributed by atoms with E-state index in [4.69, 9.17) is 0 Å². The fourth-order valence-corrected chi connectivity index (χ4v) is 4.56. The van der Waals surface area contributed by atoms with Crippen LogP contribution in [0.4, 0.5) is 22.7 Å². The lowest BCUT2D eigenvalue weighted by atomic mass is 10.0. The second-order valence-electron chi connectivity index (χ2n) is 8.88. The summed E-state index contributed by atoms with van der Waals surface area (Å²) in [5.41, 5.74) is 8.01. The number of nitrogens with zero attached hydrogens (tertiary/aromatic N) is 2. The van der Waals surface area contributed by atoms with Gasteiger partial charge in [0.2, 0.25) is 0 Å². The lowest BCUT2D eigenvalue weighted by molar-refractivity contribution is 0.842. The third-order valence-electron chi connectivity index (χ3n) is 6.22. The Morgan fingerprint density at radius 2 is 1.32 bits per heavy atom. The summed E-state index contributed by atoms with van der Waals surface area (Å²) in [6.07, 6.45) is 19.5. The van der Waals surface area contributed by atoms with Crippen LogP contribution in [0.2, 0.25) is 0 Å². The van der Waals surface area contributed by atoms with Gasteiger partial charge in [-0.25, -0.2) is 0 Å². The molecular formula is C36H40N2. The fourth-order valence-electron chi connectivity index (χ4n) is 4.56. The molecule has 0 aliphatic rings. The topological polar surface area (TPSA) is 6.48 Å². The molecule has 194 valence electrons. The minimum Gasteiger partial charge on any atom is -0.311 e. The maximum Gasteiger partial charge on any atom is 0.0495 e. The Bertz CT molecular complexity index is 1290. The second-order valence-corrected chi connectivity index (χ2v) is 8.88. The van der Waals surface area contributed by atoms with Crippen molar-refractivity contribution in [2.45, 2.75) is 40.0 Å². The predicted molar refractivity (Wildman–Crippen MR) is 168 cm³/mol. The molecule has 0 aliphatic carbocycles. The Labute approximate surface area is 229 Å². The lowest BCUT2D eigenvalue weighted by Crippen LogP contribution is -2.19. The van der Waals surface area contributed by atoms with Crippen LogP contribution >= 0.6 is 0 Å². The van der Waals surface area contributed by atoms with Crippen LogP contribution < -0.4 is 9.80 Å². The number of para-hydroxylation sites is 2. The number of hydrogen-bond donors (Lipinski definition) is 0.